The number of nitrogens with one attached hydrogen (secondary N) is 2. The number of methoxy groups -OCH3 is 2. The number of H-pyrrole nitrogens is 1. The largest absolute Gasteiger partial charge is 0.383 e. The van der Waals surface area contributed by atoms with Crippen molar-refractivity contribution in [2.45, 2.75) is 0 Å². The average molecular weight is 494 g/mol. The van der Waals surface area contributed by atoms with E-state index in [4.69, 9.17) is 21.1 Å². The number of halogens is 1. The fourth-order valence-electron chi connectivity index (χ4n) is 3.51. The van der Waals surface area contributed by atoms with Gasteiger partial charge in [-0.1, -0.05) is 35.9 Å². The third-order valence-corrected chi connectivity index (χ3v) is 5.56. The number of carbonyl (C=O) groups excluding carboxylic acids is 2. The molecule has 10 heteroatoms. The number of imidazole rings is 1. The molecule has 0 aliphatic heterocycles. The number of hydrogen-bond acceptors (Lipinski definition) is 6. The number of hydrogen-bond donors (Lipinski definition) is 2. The third-order valence-electron chi connectivity index (χ3n) is 5.23. The predicted molar refractivity (Wildman–Crippen MR) is 134 cm³/mol. The van der Waals surface area contributed by atoms with Crippen molar-refractivity contribution in [3.8, 4) is 11.4 Å². The minimum absolute atomic E-state index is 0.156. The first kappa shape index (κ1) is 24.3. The molecule has 2 heterocycles. The van der Waals surface area contributed by atoms with Gasteiger partial charge in [0.2, 0.25) is 0 Å². The second kappa shape index (κ2) is 11.1. The summed E-state index contributed by atoms with van der Waals surface area (Å²) in [5.41, 5.74) is 3.20. The van der Waals surface area contributed by atoms with E-state index in [1.165, 1.54) is 13.3 Å². The van der Waals surface area contributed by atoms with E-state index in [-0.39, 0.29) is 18.5 Å². The van der Waals surface area contributed by atoms with Gasteiger partial charge in [0.1, 0.15) is 12.6 Å². The number of benzene rings is 2. The Labute approximate surface area is 207 Å². The summed E-state index contributed by atoms with van der Waals surface area (Å²) in [4.78, 5) is 39.2. The van der Waals surface area contributed by atoms with Gasteiger partial charge in [-0.15, -0.1) is 0 Å². The summed E-state index contributed by atoms with van der Waals surface area (Å²) in [5, 5.41) is 3.16. The van der Waals surface area contributed by atoms with Gasteiger partial charge < -0.3 is 24.7 Å². The van der Waals surface area contributed by atoms with Gasteiger partial charge >= 0.3 is 0 Å². The van der Waals surface area contributed by atoms with Gasteiger partial charge in [0.25, 0.3) is 11.8 Å². The number of nitrogens with zero attached hydrogens (tertiary/aromatic N) is 3. The number of ether oxygens (including phenoxy) is 2. The van der Waals surface area contributed by atoms with Crippen molar-refractivity contribution < 1.29 is 19.1 Å². The highest BCUT2D eigenvalue weighted by Gasteiger charge is 2.17. The molecular formula is C25H24ClN5O4. The molecule has 0 atom stereocenters. The number of amides is 2. The SMILES string of the molecule is COCCN(COC)C(=O)c1cccc(-c2nc3ncc(NC(=O)c4ccccc4Cl)cc3[nH]2)c1. The van der Waals surface area contributed by atoms with Crippen molar-refractivity contribution in [2.75, 3.05) is 39.4 Å². The number of aromatic nitrogens is 3. The van der Waals surface area contributed by atoms with Crippen LogP contribution in [0.15, 0.2) is 60.8 Å². The Hall–Kier alpha value is -3.79. The van der Waals surface area contributed by atoms with E-state index in [0.717, 1.165) is 5.56 Å². The fraction of sp³-hybridized carbons (Fsp3) is 0.200. The molecule has 2 aromatic carbocycles. The van der Waals surface area contributed by atoms with Gasteiger partial charge in [0.15, 0.2) is 5.65 Å². The van der Waals surface area contributed by atoms with Crippen molar-refractivity contribution >= 4 is 40.3 Å². The van der Waals surface area contributed by atoms with E-state index < -0.39 is 0 Å². The van der Waals surface area contributed by atoms with Gasteiger partial charge in [-0.25, -0.2) is 9.97 Å². The van der Waals surface area contributed by atoms with Crippen molar-refractivity contribution in [1.29, 1.82) is 0 Å². The zero-order chi connectivity index (χ0) is 24.8. The summed E-state index contributed by atoms with van der Waals surface area (Å²) in [7, 11) is 3.12. The van der Waals surface area contributed by atoms with Crippen LogP contribution in [-0.2, 0) is 9.47 Å². The van der Waals surface area contributed by atoms with Crippen LogP contribution in [0.5, 0.6) is 0 Å². The van der Waals surface area contributed by atoms with Crippen molar-refractivity contribution in [3.05, 3.63) is 76.9 Å². The molecule has 0 aliphatic rings. The Morgan fingerprint density at radius 3 is 2.69 bits per heavy atom. The molecule has 9 nitrogen and oxygen atoms in total. The summed E-state index contributed by atoms with van der Waals surface area (Å²) >= 11 is 6.12. The van der Waals surface area contributed by atoms with E-state index in [2.05, 4.69) is 20.3 Å². The van der Waals surface area contributed by atoms with Gasteiger partial charge in [0.05, 0.1) is 34.6 Å². The third kappa shape index (κ3) is 5.65. The monoisotopic (exact) mass is 493 g/mol. The lowest BCUT2D eigenvalue weighted by molar-refractivity contribution is 0.0325. The van der Waals surface area contributed by atoms with Gasteiger partial charge in [0, 0.05) is 31.9 Å². The second-order valence-electron chi connectivity index (χ2n) is 7.67. The highest BCUT2D eigenvalue weighted by molar-refractivity contribution is 6.34. The second-order valence-corrected chi connectivity index (χ2v) is 8.08. The standard InChI is InChI=1S/C25H24ClN5O4/c1-34-11-10-31(15-35-2)25(33)17-7-5-6-16(12-17)22-29-21-13-18(14-27-23(21)30-22)28-24(32)19-8-3-4-9-20(19)26/h3-9,12-14H,10-11,15H2,1-2H3,(H,28,32)(H,27,29,30). The highest BCUT2D eigenvalue weighted by atomic mass is 35.5. The van der Waals surface area contributed by atoms with Crippen LogP contribution in [0, 0.1) is 0 Å². The molecule has 2 aromatic heterocycles. The van der Waals surface area contributed by atoms with Crippen LogP contribution >= 0.6 is 11.6 Å². The Kier molecular flexibility index (Phi) is 7.71. The maximum absolute atomic E-state index is 13.0. The minimum Gasteiger partial charge on any atom is -0.383 e. The molecule has 0 aliphatic carbocycles. The van der Waals surface area contributed by atoms with Gasteiger partial charge in [-0.3, -0.25) is 9.59 Å². The molecule has 0 fully saturated rings. The molecule has 4 rings (SSSR count). The van der Waals surface area contributed by atoms with Crippen LogP contribution in [0.2, 0.25) is 5.02 Å². The van der Waals surface area contributed by atoms with E-state index in [9.17, 15) is 9.59 Å². The molecule has 35 heavy (non-hydrogen) atoms. The molecule has 0 spiro atoms. The van der Waals surface area contributed by atoms with Crippen molar-refractivity contribution in [3.63, 3.8) is 0 Å². The Bertz CT molecular complexity index is 1360. The van der Waals surface area contributed by atoms with E-state index in [1.807, 2.05) is 6.07 Å². The zero-order valence-electron chi connectivity index (χ0n) is 19.2. The predicted octanol–water partition coefficient (Wildman–Crippen LogP) is 4.22. The average Bonchev–Trinajstić information content (AvgIpc) is 3.30. The maximum Gasteiger partial charge on any atom is 0.257 e. The molecule has 2 amide bonds. The normalized spacial score (nSPS) is 10.9. The van der Waals surface area contributed by atoms with Gasteiger partial charge in [-0.05, 0) is 30.3 Å². The molecule has 0 bridgehead atoms. The molecule has 0 saturated heterocycles. The molecule has 0 radical (unpaired) electrons. The van der Waals surface area contributed by atoms with Crippen molar-refractivity contribution in [2.24, 2.45) is 0 Å². The number of anilines is 1. The fourth-order valence-corrected chi connectivity index (χ4v) is 3.73. The lowest BCUT2D eigenvalue weighted by Crippen LogP contribution is -2.35. The molecule has 0 saturated carbocycles. The Morgan fingerprint density at radius 2 is 1.91 bits per heavy atom. The first-order valence-corrected chi connectivity index (χ1v) is 11.2. The number of fused-ring (bicyclic) bond motifs is 1. The van der Waals surface area contributed by atoms with Crippen molar-refractivity contribution in [1.82, 2.24) is 19.9 Å². The highest BCUT2D eigenvalue weighted by Crippen LogP contribution is 2.24. The first-order valence-electron chi connectivity index (χ1n) is 10.8. The smallest absolute Gasteiger partial charge is 0.257 e. The summed E-state index contributed by atoms with van der Waals surface area (Å²) in [5.74, 6) is 0.0354. The summed E-state index contributed by atoms with van der Waals surface area (Å²) in [6.07, 6.45) is 1.53. The van der Waals surface area contributed by atoms with Crippen LogP contribution in [0.3, 0.4) is 0 Å². The molecule has 180 valence electrons. The zero-order valence-corrected chi connectivity index (χ0v) is 20.0. The molecule has 4 aromatic rings. The quantitative estimate of drug-likeness (QED) is 0.338. The topological polar surface area (TPSA) is 109 Å². The van der Waals surface area contributed by atoms with Crippen LogP contribution < -0.4 is 5.32 Å². The molecule has 2 N–H and O–H groups in total. The van der Waals surface area contributed by atoms with E-state index in [1.54, 1.807) is 60.5 Å². The molecular weight excluding hydrogens is 470 g/mol. The van der Waals surface area contributed by atoms with Gasteiger partial charge in [-0.2, -0.15) is 0 Å². The summed E-state index contributed by atoms with van der Waals surface area (Å²) in [6, 6.07) is 15.7. The lowest BCUT2D eigenvalue weighted by atomic mass is 10.1. The number of carbonyl (C=O) groups is 2. The van der Waals surface area contributed by atoms with E-state index in [0.29, 0.717) is 52.0 Å². The Balaban J connectivity index is 1.56. The van der Waals surface area contributed by atoms with Crippen LogP contribution in [-0.4, -0.2) is 65.8 Å². The summed E-state index contributed by atoms with van der Waals surface area (Å²) < 4.78 is 10.2. The van der Waals surface area contributed by atoms with Crippen LogP contribution in [0.25, 0.3) is 22.6 Å². The van der Waals surface area contributed by atoms with Crippen LogP contribution in [0.4, 0.5) is 5.69 Å². The minimum atomic E-state index is -0.336. The number of aromatic amines is 1. The molecule has 0 unspecified atom stereocenters. The maximum atomic E-state index is 13.0. The summed E-state index contributed by atoms with van der Waals surface area (Å²) in [6.45, 7) is 0.966. The number of rotatable bonds is 9. The number of pyridine rings is 1. The first-order chi connectivity index (χ1) is 17.0. The lowest BCUT2D eigenvalue weighted by Gasteiger charge is -2.21. The van der Waals surface area contributed by atoms with Crippen LogP contribution in [0.1, 0.15) is 20.7 Å². The Morgan fingerprint density at radius 1 is 1.09 bits per heavy atom. The van der Waals surface area contributed by atoms with E-state index >= 15 is 0 Å².